The first-order valence-electron chi connectivity index (χ1n) is 7.89. The van der Waals surface area contributed by atoms with E-state index in [1.54, 1.807) is 12.2 Å². The number of dihydropyridines is 1. The number of carboxylic acids is 2. The maximum absolute atomic E-state index is 11.7. The zero-order valence-electron chi connectivity index (χ0n) is 13.6. The van der Waals surface area contributed by atoms with Crippen LogP contribution in [-0.4, -0.2) is 22.2 Å². The normalized spacial score (nSPS) is 15.3. The topological polar surface area (TPSA) is 86.6 Å². The van der Waals surface area contributed by atoms with Crippen LogP contribution in [0.4, 0.5) is 0 Å². The van der Waals surface area contributed by atoms with E-state index in [9.17, 15) is 19.8 Å². The molecule has 126 valence electrons. The summed E-state index contributed by atoms with van der Waals surface area (Å²) in [5, 5.41) is 22.2. The molecule has 0 spiro atoms. The highest BCUT2D eigenvalue weighted by molar-refractivity contribution is 5.96. The Kier molecular flexibility index (Phi) is 7.32. The fourth-order valence-corrected chi connectivity index (χ4v) is 2.94. The molecule has 3 N–H and O–H groups in total. The number of nitrogens with one attached hydrogen (secondary N) is 1. The molecule has 0 amide bonds. The number of aliphatic carboxylic acids is 2. The molecule has 0 aromatic rings. The number of hydrogen-bond donors (Lipinski definition) is 3. The largest absolute Gasteiger partial charge is 0.478 e. The second kappa shape index (κ2) is 8.98. The van der Waals surface area contributed by atoms with Crippen molar-refractivity contribution >= 4 is 11.9 Å². The zero-order chi connectivity index (χ0) is 17.4. The molecule has 0 unspecified atom stereocenters. The Balaban J connectivity index is 3.37. The van der Waals surface area contributed by atoms with E-state index in [1.807, 2.05) is 0 Å². The van der Waals surface area contributed by atoms with Gasteiger partial charge in [0.05, 0.1) is 11.1 Å². The fourth-order valence-electron chi connectivity index (χ4n) is 2.94. The van der Waals surface area contributed by atoms with E-state index in [-0.39, 0.29) is 11.1 Å². The van der Waals surface area contributed by atoms with E-state index >= 15 is 0 Å². The van der Waals surface area contributed by atoms with Crippen LogP contribution in [0.5, 0.6) is 0 Å². The monoisotopic (exact) mass is 319 g/mol. The molecule has 1 heterocycles. The van der Waals surface area contributed by atoms with Gasteiger partial charge in [-0.05, 0) is 6.42 Å². The van der Waals surface area contributed by atoms with Gasteiger partial charge in [0, 0.05) is 30.2 Å². The standard InChI is InChI=1S/C18H25NO4/c1-4-7-8-11-12-15(17(20)21)13(9-5-2)19-14(10-6-3)16(12)18(22)23/h5-6,12,19H,2-4,7-11H2,1H3,(H,20,21)(H,22,23). The maximum atomic E-state index is 11.7. The van der Waals surface area contributed by atoms with Gasteiger partial charge in [-0.2, -0.15) is 0 Å². The summed E-state index contributed by atoms with van der Waals surface area (Å²) in [6.07, 6.45) is 7.19. The second-order valence-corrected chi connectivity index (χ2v) is 5.55. The first-order chi connectivity index (χ1) is 11.0. The highest BCUT2D eigenvalue weighted by atomic mass is 16.4. The first-order valence-corrected chi connectivity index (χ1v) is 7.89. The minimum atomic E-state index is -1.08. The van der Waals surface area contributed by atoms with Gasteiger partial charge in [-0.15, -0.1) is 13.2 Å². The Hall–Kier alpha value is -2.30. The van der Waals surface area contributed by atoms with E-state index < -0.39 is 17.9 Å². The molecule has 5 heteroatoms. The van der Waals surface area contributed by atoms with Crippen molar-refractivity contribution in [2.75, 3.05) is 0 Å². The van der Waals surface area contributed by atoms with E-state index in [1.165, 1.54) is 0 Å². The van der Waals surface area contributed by atoms with Gasteiger partial charge in [0.15, 0.2) is 0 Å². The van der Waals surface area contributed by atoms with Gasteiger partial charge in [-0.3, -0.25) is 0 Å². The van der Waals surface area contributed by atoms with Crippen molar-refractivity contribution in [2.24, 2.45) is 5.92 Å². The van der Waals surface area contributed by atoms with Crippen LogP contribution in [0, 0.1) is 5.92 Å². The molecule has 0 atom stereocenters. The number of allylic oxidation sites excluding steroid dienone is 2. The summed E-state index contributed by atoms with van der Waals surface area (Å²) in [7, 11) is 0. The Morgan fingerprint density at radius 2 is 1.52 bits per heavy atom. The van der Waals surface area contributed by atoms with Gasteiger partial charge in [0.2, 0.25) is 0 Å². The SMILES string of the molecule is C=CCC1=C(C(=O)O)C(CCCCC)C(C(=O)O)=C(CC=C)N1. The van der Waals surface area contributed by atoms with Crippen LogP contribution in [0.3, 0.4) is 0 Å². The Morgan fingerprint density at radius 3 is 1.87 bits per heavy atom. The molecule has 1 aliphatic rings. The number of carbonyl (C=O) groups is 2. The number of hydrogen-bond acceptors (Lipinski definition) is 3. The Labute approximate surface area is 137 Å². The maximum Gasteiger partial charge on any atom is 0.333 e. The van der Waals surface area contributed by atoms with Crippen LogP contribution < -0.4 is 5.32 Å². The highest BCUT2D eigenvalue weighted by Gasteiger charge is 2.36. The molecule has 0 aromatic carbocycles. The fraction of sp³-hybridized carbons (Fsp3) is 0.444. The third kappa shape index (κ3) is 4.58. The predicted octanol–water partition coefficient (Wildman–Crippen LogP) is 3.62. The molecule has 0 radical (unpaired) electrons. The Morgan fingerprint density at radius 1 is 1.04 bits per heavy atom. The lowest BCUT2D eigenvalue weighted by Gasteiger charge is -2.30. The smallest absolute Gasteiger partial charge is 0.333 e. The van der Waals surface area contributed by atoms with Crippen molar-refractivity contribution in [3.63, 3.8) is 0 Å². The number of rotatable bonds is 10. The van der Waals surface area contributed by atoms with Gasteiger partial charge in [-0.25, -0.2) is 9.59 Å². The third-order valence-electron chi connectivity index (χ3n) is 3.90. The predicted molar refractivity (Wildman–Crippen MR) is 89.7 cm³/mol. The zero-order valence-corrected chi connectivity index (χ0v) is 13.6. The van der Waals surface area contributed by atoms with E-state index in [2.05, 4.69) is 25.4 Å². The van der Waals surface area contributed by atoms with Crippen LogP contribution in [0.2, 0.25) is 0 Å². The molecule has 5 nitrogen and oxygen atoms in total. The number of unbranched alkanes of at least 4 members (excludes halogenated alkanes) is 2. The third-order valence-corrected chi connectivity index (χ3v) is 3.90. The van der Waals surface area contributed by atoms with Crippen LogP contribution in [0.15, 0.2) is 47.9 Å². The average molecular weight is 319 g/mol. The van der Waals surface area contributed by atoms with Crippen LogP contribution in [-0.2, 0) is 9.59 Å². The highest BCUT2D eigenvalue weighted by Crippen LogP contribution is 2.36. The summed E-state index contributed by atoms with van der Waals surface area (Å²) in [5.74, 6) is -2.76. The summed E-state index contributed by atoms with van der Waals surface area (Å²) < 4.78 is 0. The van der Waals surface area contributed by atoms with E-state index in [4.69, 9.17) is 0 Å². The number of carboxylic acid groups (broad SMARTS) is 2. The molecule has 0 saturated carbocycles. The summed E-state index contributed by atoms with van der Waals surface area (Å²) in [5.41, 5.74) is 1.34. The van der Waals surface area contributed by atoms with Crippen molar-refractivity contribution in [2.45, 2.75) is 45.4 Å². The van der Waals surface area contributed by atoms with Gasteiger partial charge >= 0.3 is 11.9 Å². The molecule has 0 aromatic heterocycles. The van der Waals surface area contributed by atoms with Crippen LogP contribution in [0.1, 0.15) is 45.4 Å². The van der Waals surface area contributed by atoms with Crippen molar-refractivity contribution in [3.05, 3.63) is 47.9 Å². The second-order valence-electron chi connectivity index (χ2n) is 5.55. The first kappa shape index (κ1) is 18.7. The summed E-state index contributed by atoms with van der Waals surface area (Å²) in [4.78, 5) is 23.5. The summed E-state index contributed by atoms with van der Waals surface area (Å²) in [6, 6.07) is 0. The van der Waals surface area contributed by atoms with E-state index in [0.29, 0.717) is 30.7 Å². The Bertz CT molecular complexity index is 513. The van der Waals surface area contributed by atoms with E-state index in [0.717, 1.165) is 19.3 Å². The minimum Gasteiger partial charge on any atom is -0.478 e. The molecule has 23 heavy (non-hydrogen) atoms. The molecule has 1 rings (SSSR count). The lowest BCUT2D eigenvalue weighted by molar-refractivity contribution is -0.134. The van der Waals surface area contributed by atoms with Crippen molar-refractivity contribution in [3.8, 4) is 0 Å². The summed E-state index contributed by atoms with van der Waals surface area (Å²) >= 11 is 0. The van der Waals surface area contributed by atoms with Gasteiger partial charge in [0.1, 0.15) is 0 Å². The van der Waals surface area contributed by atoms with Gasteiger partial charge in [0.25, 0.3) is 0 Å². The van der Waals surface area contributed by atoms with Gasteiger partial charge < -0.3 is 15.5 Å². The molecule has 1 aliphatic heterocycles. The lowest BCUT2D eigenvalue weighted by Crippen LogP contribution is -2.33. The molecule has 0 aliphatic carbocycles. The van der Waals surface area contributed by atoms with Crippen LogP contribution >= 0.6 is 0 Å². The van der Waals surface area contributed by atoms with Gasteiger partial charge in [-0.1, -0.05) is 38.3 Å². The average Bonchev–Trinajstić information content (AvgIpc) is 2.47. The van der Waals surface area contributed by atoms with Crippen molar-refractivity contribution < 1.29 is 19.8 Å². The lowest BCUT2D eigenvalue weighted by atomic mass is 9.80. The molecule has 0 fully saturated rings. The summed E-state index contributed by atoms with van der Waals surface area (Å²) in [6.45, 7) is 9.36. The quantitative estimate of drug-likeness (QED) is 0.423. The minimum absolute atomic E-state index is 0.145. The molecular weight excluding hydrogens is 294 g/mol. The molecular formula is C18H25NO4. The molecule has 0 saturated heterocycles. The van der Waals surface area contributed by atoms with Crippen LogP contribution in [0.25, 0.3) is 0 Å². The molecule has 0 bridgehead atoms. The van der Waals surface area contributed by atoms with Crippen molar-refractivity contribution in [1.82, 2.24) is 5.32 Å². The van der Waals surface area contributed by atoms with Crippen molar-refractivity contribution in [1.29, 1.82) is 0 Å².